The highest BCUT2D eigenvalue weighted by atomic mass is 19.1. The lowest BCUT2D eigenvalue weighted by molar-refractivity contribution is -0.126. The quantitative estimate of drug-likeness (QED) is 0.452. The van der Waals surface area contributed by atoms with E-state index >= 15 is 0 Å². The third-order valence-electron chi connectivity index (χ3n) is 6.75. The van der Waals surface area contributed by atoms with E-state index in [-0.39, 0.29) is 23.7 Å². The minimum atomic E-state index is -0.609. The number of nitrogens with zero attached hydrogens (tertiary/aromatic N) is 2. The van der Waals surface area contributed by atoms with Crippen LogP contribution in [-0.2, 0) is 4.79 Å². The summed E-state index contributed by atoms with van der Waals surface area (Å²) in [5, 5.41) is 9.28. The number of aromatic nitrogens is 1. The van der Waals surface area contributed by atoms with E-state index in [1.54, 1.807) is 18.3 Å². The number of nitrogens with one attached hydrogen (secondary N) is 3. The third kappa shape index (κ3) is 5.11. The first-order valence-corrected chi connectivity index (χ1v) is 12.8. The molecule has 1 saturated carbocycles. The van der Waals surface area contributed by atoms with E-state index < -0.39 is 5.82 Å². The van der Waals surface area contributed by atoms with Crippen LogP contribution >= 0.6 is 0 Å². The Morgan fingerprint density at radius 1 is 1.08 bits per heavy atom. The Hall–Kier alpha value is -4.58. The van der Waals surface area contributed by atoms with Crippen molar-refractivity contribution in [3.05, 3.63) is 77.8 Å². The van der Waals surface area contributed by atoms with Crippen LogP contribution in [0.3, 0.4) is 0 Å². The maximum atomic E-state index is 14.8. The fourth-order valence-corrected chi connectivity index (χ4v) is 4.53. The van der Waals surface area contributed by atoms with Gasteiger partial charge in [-0.25, -0.2) is 9.18 Å². The number of amides is 3. The molecule has 1 saturated heterocycles. The van der Waals surface area contributed by atoms with Crippen LogP contribution in [0.1, 0.15) is 31.2 Å². The summed E-state index contributed by atoms with van der Waals surface area (Å²) in [5.74, 6) is -0.129. The van der Waals surface area contributed by atoms with Gasteiger partial charge in [0, 0.05) is 55.3 Å². The van der Waals surface area contributed by atoms with Crippen LogP contribution in [0.15, 0.2) is 54.3 Å². The molecule has 9 heteroatoms. The van der Waals surface area contributed by atoms with E-state index in [0.29, 0.717) is 28.9 Å². The van der Waals surface area contributed by atoms with Crippen molar-refractivity contribution in [1.82, 2.24) is 20.5 Å². The van der Waals surface area contributed by atoms with Crippen molar-refractivity contribution in [2.75, 3.05) is 25.0 Å². The van der Waals surface area contributed by atoms with E-state index in [0.717, 1.165) is 55.6 Å². The molecule has 3 aliphatic rings. The summed E-state index contributed by atoms with van der Waals surface area (Å²) in [5.41, 5.74) is 3.24. The number of carbonyl (C=O) groups excluding carboxylic acids is 2. The number of pyridine rings is 1. The zero-order valence-corrected chi connectivity index (χ0v) is 20.6. The summed E-state index contributed by atoms with van der Waals surface area (Å²) < 4.78 is 20.6. The number of urea groups is 1. The lowest BCUT2D eigenvalue weighted by Gasteiger charge is -2.21. The molecule has 2 fully saturated rings. The SMILES string of the molecule is O=C(Nc1ccc(Oc2ccnc3cc(C4=CC=C(C(=O)N5CCCC5)CN4)c#cc23)c(F)c1)NC1CC1. The highest BCUT2D eigenvalue weighted by molar-refractivity contribution is 5.96. The Balaban J connectivity index is 1.17. The van der Waals surface area contributed by atoms with Gasteiger partial charge in [0.15, 0.2) is 11.6 Å². The summed E-state index contributed by atoms with van der Waals surface area (Å²) in [6.45, 7) is 2.08. The molecule has 8 nitrogen and oxygen atoms in total. The molecular weight excluding hydrogens is 485 g/mol. The predicted octanol–water partition coefficient (Wildman–Crippen LogP) is 4.54. The highest BCUT2D eigenvalue weighted by Gasteiger charge is 2.24. The fourth-order valence-electron chi connectivity index (χ4n) is 4.53. The molecule has 3 amide bonds. The molecule has 192 valence electrons. The number of rotatable bonds is 6. The Bertz CT molecular complexity index is 1470. The van der Waals surface area contributed by atoms with Gasteiger partial charge in [-0.2, -0.15) is 0 Å². The monoisotopic (exact) mass is 511 g/mol. The van der Waals surface area contributed by atoms with Crippen LogP contribution in [0, 0.1) is 17.9 Å². The van der Waals surface area contributed by atoms with Crippen LogP contribution < -0.4 is 20.7 Å². The number of benzene rings is 1. The molecule has 38 heavy (non-hydrogen) atoms. The zero-order chi connectivity index (χ0) is 26.1. The molecule has 0 spiro atoms. The maximum Gasteiger partial charge on any atom is 0.319 e. The molecule has 1 aliphatic carbocycles. The topological polar surface area (TPSA) is 95.6 Å². The largest absolute Gasteiger partial charge is 0.453 e. The van der Waals surface area contributed by atoms with Gasteiger partial charge in [-0.1, -0.05) is 12.1 Å². The second-order valence-electron chi connectivity index (χ2n) is 9.62. The van der Waals surface area contributed by atoms with Crippen molar-refractivity contribution in [3.63, 3.8) is 0 Å². The molecule has 3 N–H and O–H groups in total. The van der Waals surface area contributed by atoms with Gasteiger partial charge >= 0.3 is 6.03 Å². The van der Waals surface area contributed by atoms with Crippen LogP contribution in [0.25, 0.3) is 16.6 Å². The van der Waals surface area contributed by atoms with Gasteiger partial charge in [0.2, 0.25) is 0 Å². The van der Waals surface area contributed by atoms with Gasteiger partial charge in [0.05, 0.1) is 22.2 Å². The first-order chi connectivity index (χ1) is 18.5. The van der Waals surface area contributed by atoms with Gasteiger partial charge in [-0.15, -0.1) is 0 Å². The number of anilines is 1. The van der Waals surface area contributed by atoms with Crippen LogP contribution in [0.5, 0.6) is 11.5 Å². The second kappa shape index (κ2) is 10.1. The number of carbonyl (C=O) groups is 2. The van der Waals surface area contributed by atoms with Crippen molar-refractivity contribution >= 4 is 34.2 Å². The number of allylic oxidation sites excluding steroid dienone is 2. The maximum absolute atomic E-state index is 14.8. The van der Waals surface area contributed by atoms with Crippen LogP contribution in [0.2, 0.25) is 0 Å². The fraction of sp³-hybridized carbons (Fsp3) is 0.276. The molecule has 3 aromatic rings. The summed E-state index contributed by atoms with van der Waals surface area (Å²) in [6.07, 6.45) is 9.36. The number of hydrogen-bond acceptors (Lipinski definition) is 5. The number of hydrogen-bond donors (Lipinski definition) is 3. The van der Waals surface area contributed by atoms with Crippen molar-refractivity contribution < 1.29 is 18.7 Å². The Kier molecular flexibility index (Phi) is 6.30. The number of halogens is 1. The van der Waals surface area contributed by atoms with Crippen LogP contribution in [0.4, 0.5) is 14.9 Å². The molecule has 3 heterocycles. The molecule has 6 rings (SSSR count). The summed E-state index contributed by atoms with van der Waals surface area (Å²) in [4.78, 5) is 30.9. The number of fused-ring (bicyclic) bond motifs is 1. The van der Waals surface area contributed by atoms with Crippen molar-refractivity contribution in [3.8, 4) is 11.5 Å². The zero-order valence-electron chi connectivity index (χ0n) is 20.6. The van der Waals surface area contributed by atoms with E-state index in [1.165, 1.54) is 12.1 Å². The molecule has 0 unspecified atom stereocenters. The molecule has 0 atom stereocenters. The normalized spacial score (nSPS) is 16.7. The minimum absolute atomic E-state index is 0.0140. The average Bonchev–Trinajstić information content (AvgIpc) is 3.56. The van der Waals surface area contributed by atoms with Crippen LogP contribution in [-0.4, -0.2) is 47.5 Å². The van der Waals surface area contributed by atoms with E-state index in [1.807, 2.05) is 23.1 Å². The molecule has 0 bridgehead atoms. The lowest BCUT2D eigenvalue weighted by atomic mass is 10.1. The number of dihydropyridines is 1. The van der Waals surface area contributed by atoms with E-state index in [9.17, 15) is 14.0 Å². The molecule has 2 aliphatic heterocycles. The third-order valence-corrected chi connectivity index (χ3v) is 6.75. The molecular formula is C29H26FN5O3. The van der Waals surface area contributed by atoms with Crippen molar-refractivity contribution in [2.24, 2.45) is 0 Å². The Morgan fingerprint density at radius 3 is 2.66 bits per heavy atom. The van der Waals surface area contributed by atoms with Gasteiger partial charge in [0.1, 0.15) is 5.75 Å². The first kappa shape index (κ1) is 23.8. The summed E-state index contributed by atoms with van der Waals surface area (Å²) in [7, 11) is 0. The molecule has 2 aromatic carbocycles. The lowest BCUT2D eigenvalue weighted by Crippen LogP contribution is -2.33. The highest BCUT2D eigenvalue weighted by Crippen LogP contribution is 2.31. The molecule has 1 aromatic heterocycles. The Labute approximate surface area is 219 Å². The Morgan fingerprint density at radius 2 is 1.92 bits per heavy atom. The van der Waals surface area contributed by atoms with Gasteiger partial charge in [-0.05, 0) is 56.0 Å². The second-order valence-corrected chi connectivity index (χ2v) is 9.62. The number of likely N-dealkylation sites (tertiary alicyclic amines) is 1. The van der Waals surface area contributed by atoms with Crippen molar-refractivity contribution in [2.45, 2.75) is 31.7 Å². The summed E-state index contributed by atoms with van der Waals surface area (Å²) in [6, 6.07) is 13.8. The molecule has 0 radical (unpaired) electrons. The average molecular weight is 512 g/mol. The number of ether oxygens (including phenoxy) is 1. The first-order valence-electron chi connectivity index (χ1n) is 12.8. The predicted molar refractivity (Wildman–Crippen MR) is 141 cm³/mol. The van der Waals surface area contributed by atoms with E-state index in [2.05, 4.69) is 33.1 Å². The van der Waals surface area contributed by atoms with Gasteiger partial charge < -0.3 is 25.6 Å². The smallest absolute Gasteiger partial charge is 0.319 e. The van der Waals surface area contributed by atoms with E-state index in [4.69, 9.17) is 4.74 Å². The standard InChI is InChI=1S/C29H26FN5O3/c30-23-16-21(34-29(37)33-20-5-6-20)7-10-27(23)38-26-11-12-31-25-15-18(3-8-22(25)26)24-9-4-19(17-32-24)28(36)35-13-1-2-14-35/h4,7,9-12,15-16,20,32H,1-2,5-6,13-14,17H2,(H2,33,34,37). The van der Waals surface area contributed by atoms with Crippen molar-refractivity contribution in [1.29, 1.82) is 0 Å². The minimum Gasteiger partial charge on any atom is -0.453 e. The summed E-state index contributed by atoms with van der Waals surface area (Å²) >= 11 is 0. The van der Waals surface area contributed by atoms with Gasteiger partial charge in [-0.3, -0.25) is 9.78 Å². The van der Waals surface area contributed by atoms with Gasteiger partial charge in [0.25, 0.3) is 5.91 Å².